The van der Waals surface area contributed by atoms with Crippen LogP contribution in [-0.4, -0.2) is 28.5 Å². The largest absolute Gasteiger partial charge is 0.385 e. The van der Waals surface area contributed by atoms with Gasteiger partial charge in [0, 0.05) is 11.3 Å². The average molecular weight is 373 g/mol. The van der Waals surface area contributed by atoms with E-state index in [0.717, 1.165) is 32.0 Å². The smallest absolute Gasteiger partial charge is 0.257 e. The van der Waals surface area contributed by atoms with Crippen molar-refractivity contribution in [2.24, 2.45) is 0 Å². The lowest BCUT2D eigenvalue weighted by Gasteiger charge is -2.10. The lowest BCUT2D eigenvalue weighted by atomic mass is 10.1. The third-order valence-electron chi connectivity index (χ3n) is 3.52. The zero-order chi connectivity index (χ0) is 20.2. The maximum Gasteiger partial charge on any atom is 0.257 e. The molecular formula is C22H31NO4. The van der Waals surface area contributed by atoms with E-state index in [1.165, 1.54) is 6.08 Å². The second-order valence-corrected chi connectivity index (χ2v) is 5.81. The van der Waals surface area contributed by atoms with E-state index in [9.17, 15) is 20.0 Å². The molecule has 0 aliphatic rings. The topological polar surface area (TPSA) is 80.4 Å². The van der Waals surface area contributed by atoms with Gasteiger partial charge in [0.15, 0.2) is 0 Å². The summed E-state index contributed by atoms with van der Waals surface area (Å²) in [4.78, 5) is 20.8. The Bertz CT molecular complexity index is 571. The number of allylic oxidation sites excluding steroid dienone is 10. The molecule has 2 atom stereocenters. The Morgan fingerprint density at radius 1 is 0.889 bits per heavy atom. The highest BCUT2D eigenvalue weighted by Crippen LogP contribution is 2.07. The molecule has 5 nitrogen and oxygen atoms in total. The molecule has 0 radical (unpaired) electrons. The predicted octanol–water partition coefficient (Wildman–Crippen LogP) is 4.89. The van der Waals surface area contributed by atoms with E-state index in [-0.39, 0.29) is 6.42 Å². The van der Waals surface area contributed by atoms with Gasteiger partial charge in [-0.3, -0.25) is 10.1 Å². The lowest BCUT2D eigenvalue weighted by Crippen LogP contribution is -2.31. The highest BCUT2D eigenvalue weighted by atomic mass is 16.6. The van der Waals surface area contributed by atoms with Crippen LogP contribution < -0.4 is 0 Å². The number of hydrogen-bond donors (Lipinski definition) is 1. The number of aliphatic hydroxyl groups excluding tert-OH is 1. The molecule has 148 valence electrons. The van der Waals surface area contributed by atoms with Crippen molar-refractivity contribution in [2.75, 3.05) is 0 Å². The number of carbonyl (C=O) groups is 1. The van der Waals surface area contributed by atoms with Crippen LogP contribution in [0.4, 0.5) is 0 Å². The second kappa shape index (κ2) is 18.3. The molecule has 1 N–H and O–H groups in total. The Labute approximate surface area is 162 Å². The summed E-state index contributed by atoms with van der Waals surface area (Å²) in [6.45, 7) is 2.05. The van der Waals surface area contributed by atoms with E-state index < -0.39 is 17.1 Å². The van der Waals surface area contributed by atoms with Crippen LogP contribution in [0.25, 0.3) is 0 Å². The number of carbonyl (C=O) groups excluding carboxylic acids is 1. The van der Waals surface area contributed by atoms with E-state index in [1.807, 2.05) is 42.5 Å². The summed E-state index contributed by atoms with van der Waals surface area (Å²) in [5.41, 5.74) is 0. The van der Waals surface area contributed by atoms with Gasteiger partial charge in [-0.25, -0.2) is 0 Å². The van der Waals surface area contributed by atoms with Crippen molar-refractivity contribution < 1.29 is 14.8 Å². The quantitative estimate of drug-likeness (QED) is 0.111. The first kappa shape index (κ1) is 24.5. The molecule has 27 heavy (non-hydrogen) atoms. The molecule has 5 heteroatoms. The van der Waals surface area contributed by atoms with E-state index in [0.29, 0.717) is 6.42 Å². The Balaban J connectivity index is 4.31. The molecule has 0 bridgehead atoms. The minimum absolute atomic E-state index is 0.246. The third-order valence-corrected chi connectivity index (χ3v) is 3.52. The molecule has 0 saturated carbocycles. The Morgan fingerprint density at radius 3 is 2.26 bits per heavy atom. The van der Waals surface area contributed by atoms with Gasteiger partial charge in [-0.05, 0) is 38.2 Å². The van der Waals surface area contributed by atoms with Gasteiger partial charge >= 0.3 is 0 Å². The van der Waals surface area contributed by atoms with Crippen LogP contribution in [0, 0.1) is 10.1 Å². The standard InChI is InChI=1S/C22H31NO4/c1-2-3-4-5-13-16-19-22(25)21(23(26)27)18-15-12-10-8-6-7-9-11-14-17-20-24/h3-4,6,8-13,15-16,18,20-22,25H,2,5,7,14,17,19H2,1H3/b4-3-,8-6-,11-9-,12-10-,16-13-,18-15-. The van der Waals surface area contributed by atoms with Gasteiger partial charge in [0.05, 0.1) is 0 Å². The molecule has 0 fully saturated rings. The summed E-state index contributed by atoms with van der Waals surface area (Å²) in [5.74, 6) is 0. The normalized spacial score (nSPS) is 15.2. The maximum absolute atomic E-state index is 11.1. The fourth-order valence-electron chi connectivity index (χ4n) is 2.07. The van der Waals surface area contributed by atoms with Crippen molar-refractivity contribution in [3.05, 3.63) is 83.0 Å². The van der Waals surface area contributed by atoms with Crippen LogP contribution in [-0.2, 0) is 4.79 Å². The van der Waals surface area contributed by atoms with Gasteiger partial charge in [0.2, 0.25) is 0 Å². The van der Waals surface area contributed by atoms with Crippen LogP contribution >= 0.6 is 0 Å². The van der Waals surface area contributed by atoms with Crippen LogP contribution in [0.1, 0.15) is 45.4 Å². The molecule has 0 aromatic carbocycles. The van der Waals surface area contributed by atoms with E-state index >= 15 is 0 Å². The molecular weight excluding hydrogens is 342 g/mol. The molecule has 0 saturated heterocycles. The summed E-state index contributed by atoms with van der Waals surface area (Å²) in [5, 5.41) is 21.1. The highest BCUT2D eigenvalue weighted by molar-refractivity contribution is 5.49. The minimum Gasteiger partial charge on any atom is -0.385 e. The molecule has 0 aromatic heterocycles. The minimum atomic E-state index is -1.13. The van der Waals surface area contributed by atoms with E-state index in [4.69, 9.17) is 0 Å². The van der Waals surface area contributed by atoms with Crippen molar-refractivity contribution in [2.45, 2.75) is 57.6 Å². The number of aliphatic hydroxyl groups is 1. The van der Waals surface area contributed by atoms with Crippen molar-refractivity contribution in [3.8, 4) is 0 Å². The van der Waals surface area contributed by atoms with Gasteiger partial charge < -0.3 is 9.90 Å². The van der Waals surface area contributed by atoms with Crippen LogP contribution in [0.5, 0.6) is 0 Å². The number of hydrogen-bond acceptors (Lipinski definition) is 4. The Morgan fingerprint density at radius 2 is 1.56 bits per heavy atom. The summed E-state index contributed by atoms with van der Waals surface area (Å²) >= 11 is 0. The molecule has 0 rings (SSSR count). The first-order chi connectivity index (χ1) is 13.1. The van der Waals surface area contributed by atoms with Crippen LogP contribution in [0.2, 0.25) is 0 Å². The SMILES string of the molecule is CC/C=C\C/C=C\CC(O)C(\C=C/C=C\C=C/C/C=C\CCC=O)[N+](=O)[O-]. The van der Waals surface area contributed by atoms with Crippen LogP contribution in [0.3, 0.4) is 0 Å². The molecule has 0 aromatic rings. The van der Waals surface area contributed by atoms with Crippen molar-refractivity contribution in [1.82, 2.24) is 0 Å². The number of aldehydes is 1. The third kappa shape index (κ3) is 15.4. The summed E-state index contributed by atoms with van der Waals surface area (Å²) in [7, 11) is 0. The molecule has 0 spiro atoms. The fourth-order valence-corrected chi connectivity index (χ4v) is 2.07. The molecule has 0 aliphatic heterocycles. The van der Waals surface area contributed by atoms with Gasteiger partial charge in [-0.1, -0.05) is 73.8 Å². The van der Waals surface area contributed by atoms with Crippen molar-refractivity contribution in [3.63, 3.8) is 0 Å². The van der Waals surface area contributed by atoms with Crippen LogP contribution in [0.15, 0.2) is 72.9 Å². The predicted molar refractivity (Wildman–Crippen MR) is 111 cm³/mol. The Kier molecular flexibility index (Phi) is 16.6. The molecule has 0 aliphatic carbocycles. The average Bonchev–Trinajstić information content (AvgIpc) is 2.65. The number of unbranched alkanes of at least 4 members (excludes halogenated alkanes) is 1. The van der Waals surface area contributed by atoms with Gasteiger partial charge in [0.1, 0.15) is 12.4 Å². The van der Waals surface area contributed by atoms with E-state index in [2.05, 4.69) is 6.92 Å². The number of nitro groups is 1. The first-order valence-corrected chi connectivity index (χ1v) is 9.33. The Hall–Kier alpha value is -2.53. The van der Waals surface area contributed by atoms with Crippen molar-refractivity contribution >= 4 is 6.29 Å². The molecule has 0 heterocycles. The number of rotatable bonds is 15. The zero-order valence-corrected chi connectivity index (χ0v) is 16.0. The molecule has 2 unspecified atom stereocenters. The van der Waals surface area contributed by atoms with Gasteiger partial charge in [-0.15, -0.1) is 0 Å². The van der Waals surface area contributed by atoms with Gasteiger partial charge in [-0.2, -0.15) is 0 Å². The molecule has 0 amide bonds. The second-order valence-electron chi connectivity index (χ2n) is 5.81. The first-order valence-electron chi connectivity index (χ1n) is 9.33. The van der Waals surface area contributed by atoms with E-state index in [1.54, 1.807) is 24.3 Å². The zero-order valence-electron chi connectivity index (χ0n) is 16.0. The number of nitrogens with zero attached hydrogens (tertiary/aromatic N) is 1. The van der Waals surface area contributed by atoms with Crippen molar-refractivity contribution in [1.29, 1.82) is 0 Å². The monoisotopic (exact) mass is 373 g/mol. The maximum atomic E-state index is 11.1. The fraction of sp³-hybridized carbons (Fsp3) is 0.409. The summed E-state index contributed by atoms with van der Waals surface area (Å²) in [6.07, 6.45) is 25.8. The summed E-state index contributed by atoms with van der Waals surface area (Å²) < 4.78 is 0. The lowest BCUT2D eigenvalue weighted by molar-refractivity contribution is -0.520. The highest BCUT2D eigenvalue weighted by Gasteiger charge is 2.25. The van der Waals surface area contributed by atoms with Gasteiger partial charge in [0.25, 0.3) is 6.04 Å². The summed E-state index contributed by atoms with van der Waals surface area (Å²) in [6, 6.07) is -1.13.